The number of carbonyl (C=O) groups excluding carboxylic acids is 2. The molecule has 0 heterocycles. The number of rotatable bonds is 6. The standard InChI is InChI=1S/C22H16Br2N2O4/c1-29-20-11-14(13-25-26-21(27)17-7-2-3-8-18(17)24)9-10-19(20)30-22(28)15-5-4-6-16(23)12-15/h2-13H,1H3,(H,26,27). The first-order chi connectivity index (χ1) is 14.5. The molecule has 0 bridgehead atoms. The Labute approximate surface area is 190 Å². The van der Waals surface area contributed by atoms with Gasteiger partial charge in [-0.25, -0.2) is 10.2 Å². The molecule has 0 fully saturated rings. The Morgan fingerprint density at radius 2 is 1.77 bits per heavy atom. The number of carbonyl (C=O) groups is 2. The fourth-order valence-corrected chi connectivity index (χ4v) is 3.36. The number of benzene rings is 3. The van der Waals surface area contributed by atoms with Crippen molar-refractivity contribution in [1.29, 1.82) is 0 Å². The highest BCUT2D eigenvalue weighted by Gasteiger charge is 2.13. The Balaban J connectivity index is 1.69. The van der Waals surface area contributed by atoms with Crippen LogP contribution in [0.3, 0.4) is 0 Å². The van der Waals surface area contributed by atoms with Crippen molar-refractivity contribution in [2.24, 2.45) is 5.10 Å². The lowest BCUT2D eigenvalue weighted by Gasteiger charge is -2.10. The summed E-state index contributed by atoms with van der Waals surface area (Å²) in [5, 5.41) is 3.97. The topological polar surface area (TPSA) is 77.0 Å². The van der Waals surface area contributed by atoms with E-state index in [0.29, 0.717) is 26.9 Å². The molecular weight excluding hydrogens is 516 g/mol. The molecule has 0 aromatic heterocycles. The number of nitrogens with zero attached hydrogens (tertiary/aromatic N) is 1. The van der Waals surface area contributed by atoms with E-state index in [9.17, 15) is 9.59 Å². The van der Waals surface area contributed by atoms with Crippen molar-refractivity contribution >= 4 is 50.0 Å². The van der Waals surface area contributed by atoms with Gasteiger partial charge in [0.2, 0.25) is 0 Å². The average molecular weight is 532 g/mol. The number of hydrogen-bond donors (Lipinski definition) is 1. The zero-order valence-electron chi connectivity index (χ0n) is 15.8. The van der Waals surface area contributed by atoms with Crippen LogP contribution >= 0.6 is 31.9 Å². The number of methoxy groups -OCH3 is 1. The van der Waals surface area contributed by atoms with Gasteiger partial charge in [0.1, 0.15) is 0 Å². The summed E-state index contributed by atoms with van der Waals surface area (Å²) in [6.07, 6.45) is 1.47. The van der Waals surface area contributed by atoms with Gasteiger partial charge >= 0.3 is 5.97 Å². The molecule has 0 saturated heterocycles. The molecule has 0 spiro atoms. The first-order valence-corrected chi connectivity index (χ1v) is 10.3. The first kappa shape index (κ1) is 21.7. The highest BCUT2D eigenvalue weighted by molar-refractivity contribution is 9.10. The van der Waals surface area contributed by atoms with Gasteiger partial charge in [0.15, 0.2) is 11.5 Å². The Morgan fingerprint density at radius 3 is 2.50 bits per heavy atom. The quantitative estimate of drug-likeness (QED) is 0.205. The molecule has 6 nitrogen and oxygen atoms in total. The van der Waals surface area contributed by atoms with Crippen molar-refractivity contribution in [1.82, 2.24) is 5.43 Å². The van der Waals surface area contributed by atoms with E-state index in [2.05, 4.69) is 42.4 Å². The van der Waals surface area contributed by atoms with E-state index in [1.165, 1.54) is 13.3 Å². The summed E-state index contributed by atoms with van der Waals surface area (Å²) < 4.78 is 12.2. The first-order valence-electron chi connectivity index (χ1n) is 8.71. The maximum Gasteiger partial charge on any atom is 0.343 e. The number of hydrogen-bond acceptors (Lipinski definition) is 5. The Kier molecular flexibility index (Phi) is 7.37. The second-order valence-electron chi connectivity index (χ2n) is 5.99. The van der Waals surface area contributed by atoms with E-state index >= 15 is 0 Å². The second-order valence-corrected chi connectivity index (χ2v) is 7.76. The molecule has 30 heavy (non-hydrogen) atoms. The molecule has 1 amide bonds. The summed E-state index contributed by atoms with van der Waals surface area (Å²) in [4.78, 5) is 24.5. The van der Waals surface area contributed by atoms with Crippen molar-refractivity contribution in [3.8, 4) is 11.5 Å². The summed E-state index contributed by atoms with van der Waals surface area (Å²) in [6.45, 7) is 0. The van der Waals surface area contributed by atoms with Gasteiger partial charge in [-0.15, -0.1) is 0 Å². The molecular formula is C22H16Br2N2O4. The average Bonchev–Trinajstić information content (AvgIpc) is 2.74. The van der Waals surface area contributed by atoms with Gasteiger partial charge in [-0.05, 0) is 70.0 Å². The smallest absolute Gasteiger partial charge is 0.343 e. The molecule has 0 unspecified atom stereocenters. The number of nitrogens with one attached hydrogen (secondary N) is 1. The summed E-state index contributed by atoms with van der Waals surface area (Å²) in [6, 6.07) is 18.9. The van der Waals surface area contributed by atoms with Crippen LogP contribution in [0.4, 0.5) is 0 Å². The Bertz CT molecular complexity index is 1120. The van der Waals surface area contributed by atoms with Crippen LogP contribution in [0, 0.1) is 0 Å². The van der Waals surface area contributed by atoms with Crippen LogP contribution < -0.4 is 14.9 Å². The molecule has 0 aliphatic heterocycles. The van der Waals surface area contributed by atoms with E-state index in [0.717, 1.165) is 4.47 Å². The minimum absolute atomic E-state index is 0.275. The molecule has 8 heteroatoms. The third kappa shape index (κ3) is 5.55. The van der Waals surface area contributed by atoms with Crippen molar-refractivity contribution in [3.63, 3.8) is 0 Å². The van der Waals surface area contributed by atoms with E-state index in [1.54, 1.807) is 54.6 Å². The number of amides is 1. The van der Waals surface area contributed by atoms with Crippen molar-refractivity contribution < 1.29 is 19.1 Å². The van der Waals surface area contributed by atoms with Gasteiger partial charge in [0.05, 0.1) is 24.5 Å². The van der Waals surface area contributed by atoms with E-state index < -0.39 is 5.97 Å². The normalized spacial score (nSPS) is 10.6. The van der Waals surface area contributed by atoms with Crippen LogP contribution in [0.1, 0.15) is 26.3 Å². The highest BCUT2D eigenvalue weighted by Crippen LogP contribution is 2.28. The minimum atomic E-state index is -0.503. The lowest BCUT2D eigenvalue weighted by atomic mass is 10.2. The van der Waals surface area contributed by atoms with Crippen LogP contribution in [0.2, 0.25) is 0 Å². The zero-order valence-corrected chi connectivity index (χ0v) is 18.9. The third-order valence-corrected chi connectivity index (χ3v) is 5.13. The van der Waals surface area contributed by atoms with Gasteiger partial charge in [-0.2, -0.15) is 5.10 Å². The summed E-state index contributed by atoms with van der Waals surface area (Å²) >= 11 is 6.65. The van der Waals surface area contributed by atoms with Gasteiger partial charge in [0.25, 0.3) is 5.91 Å². The fraction of sp³-hybridized carbons (Fsp3) is 0.0455. The van der Waals surface area contributed by atoms with E-state index in [4.69, 9.17) is 9.47 Å². The summed E-state index contributed by atoms with van der Waals surface area (Å²) in [5.41, 5.74) is 4.01. The predicted octanol–water partition coefficient (Wildman–Crippen LogP) is 5.20. The van der Waals surface area contributed by atoms with Gasteiger partial charge in [-0.3, -0.25) is 4.79 Å². The molecule has 3 rings (SSSR count). The predicted molar refractivity (Wildman–Crippen MR) is 121 cm³/mol. The number of ether oxygens (including phenoxy) is 2. The molecule has 0 aliphatic carbocycles. The van der Waals surface area contributed by atoms with E-state index in [-0.39, 0.29) is 11.7 Å². The minimum Gasteiger partial charge on any atom is -0.493 e. The van der Waals surface area contributed by atoms with Crippen molar-refractivity contribution in [2.75, 3.05) is 7.11 Å². The summed E-state index contributed by atoms with van der Waals surface area (Å²) in [7, 11) is 1.47. The molecule has 1 N–H and O–H groups in total. The van der Waals surface area contributed by atoms with Gasteiger partial charge in [-0.1, -0.05) is 34.1 Å². The molecule has 152 valence electrons. The molecule has 3 aromatic carbocycles. The number of esters is 1. The maximum atomic E-state index is 12.4. The Hall–Kier alpha value is -2.97. The molecule has 0 atom stereocenters. The highest BCUT2D eigenvalue weighted by atomic mass is 79.9. The van der Waals surface area contributed by atoms with E-state index in [1.807, 2.05) is 12.1 Å². The van der Waals surface area contributed by atoms with Crippen LogP contribution in [0.15, 0.2) is 80.8 Å². The lowest BCUT2D eigenvalue weighted by Crippen LogP contribution is -2.18. The van der Waals surface area contributed by atoms with Crippen LogP contribution in [0.25, 0.3) is 0 Å². The second kappa shape index (κ2) is 10.2. The third-order valence-electron chi connectivity index (χ3n) is 3.95. The largest absolute Gasteiger partial charge is 0.493 e. The van der Waals surface area contributed by atoms with Gasteiger partial charge < -0.3 is 9.47 Å². The number of hydrazone groups is 1. The lowest BCUT2D eigenvalue weighted by molar-refractivity contribution is 0.0729. The van der Waals surface area contributed by atoms with Crippen molar-refractivity contribution in [3.05, 3.63) is 92.4 Å². The SMILES string of the molecule is COc1cc(C=NNC(=O)c2ccccc2Br)ccc1OC(=O)c1cccc(Br)c1. The molecule has 3 aromatic rings. The van der Waals surface area contributed by atoms with Crippen LogP contribution in [-0.2, 0) is 0 Å². The Morgan fingerprint density at radius 1 is 0.967 bits per heavy atom. The van der Waals surface area contributed by atoms with Crippen molar-refractivity contribution in [2.45, 2.75) is 0 Å². The molecule has 0 radical (unpaired) electrons. The fourth-order valence-electron chi connectivity index (χ4n) is 2.49. The summed E-state index contributed by atoms with van der Waals surface area (Å²) in [5.74, 6) is -0.210. The molecule has 0 saturated carbocycles. The molecule has 0 aliphatic rings. The zero-order chi connectivity index (χ0) is 21.5. The van der Waals surface area contributed by atoms with Gasteiger partial charge in [0, 0.05) is 8.95 Å². The number of halogens is 2. The maximum absolute atomic E-state index is 12.4. The van der Waals surface area contributed by atoms with Crippen LogP contribution in [-0.4, -0.2) is 25.2 Å². The van der Waals surface area contributed by atoms with Crippen LogP contribution in [0.5, 0.6) is 11.5 Å². The monoisotopic (exact) mass is 530 g/mol.